The number of rotatable bonds is 9. The lowest BCUT2D eigenvalue weighted by Gasteiger charge is -2.50. The van der Waals surface area contributed by atoms with Gasteiger partial charge in [-0.15, -0.1) is 0 Å². The van der Waals surface area contributed by atoms with Crippen LogP contribution >= 0.6 is 23.2 Å². The fraction of sp³-hybridized carbons (Fsp3) is 0.234. The molecule has 2 saturated heterocycles. The molecule has 4 aromatic carbocycles. The monoisotopic (exact) mass is 907 g/mol. The Labute approximate surface area is 372 Å². The van der Waals surface area contributed by atoms with Gasteiger partial charge in [0.2, 0.25) is 17.7 Å². The molecule has 2 aromatic heterocycles. The molecule has 0 unspecified atom stereocenters. The third-order valence-corrected chi connectivity index (χ3v) is 13.3. The Morgan fingerprint density at radius 3 is 2.34 bits per heavy atom. The SMILES string of the molecule is O=C1[C@@H]2C[C@@H]3C(=CC[C@@H]4C(=O)N(c5ccc(-c6nc7ccccc7o6)cc5)C(=O)[C@@H]43)[C@H](c3ccccc3OCCO)[C@]2(c2ccc(Cl)cc2)C(=O)N1Nc1ncc(C(F)(F)F)cc1Cl. The number of allylic oxidation sites excluding steroid dienone is 2. The maximum atomic E-state index is 15.6. The van der Waals surface area contributed by atoms with Crippen molar-refractivity contribution in [2.45, 2.75) is 30.4 Å². The highest BCUT2D eigenvalue weighted by Crippen LogP contribution is 2.65. The van der Waals surface area contributed by atoms with Crippen LogP contribution in [0.15, 0.2) is 125 Å². The van der Waals surface area contributed by atoms with Gasteiger partial charge in [-0.3, -0.25) is 29.5 Å². The van der Waals surface area contributed by atoms with E-state index >= 15 is 9.59 Å². The van der Waals surface area contributed by atoms with Crippen LogP contribution in [0.25, 0.3) is 22.6 Å². The topological polar surface area (TPSA) is 155 Å². The first-order valence-corrected chi connectivity index (χ1v) is 21.1. The van der Waals surface area contributed by atoms with Crippen molar-refractivity contribution >= 4 is 69.4 Å². The number of amides is 4. The number of ether oxygens (including phenoxy) is 1. The Hall–Kier alpha value is -6.55. The first-order chi connectivity index (χ1) is 30.8. The van der Waals surface area contributed by atoms with Crippen LogP contribution in [0.5, 0.6) is 5.75 Å². The zero-order valence-corrected chi connectivity index (χ0v) is 34.8. The summed E-state index contributed by atoms with van der Waals surface area (Å²) in [7, 11) is 0. The highest BCUT2D eigenvalue weighted by Gasteiger charge is 2.71. The largest absolute Gasteiger partial charge is 0.491 e. The van der Waals surface area contributed by atoms with E-state index in [0.717, 1.165) is 5.01 Å². The molecule has 0 radical (unpaired) electrons. The molecule has 17 heteroatoms. The van der Waals surface area contributed by atoms with Crippen LogP contribution < -0.4 is 15.1 Å². The molecule has 12 nitrogen and oxygen atoms in total. The lowest BCUT2D eigenvalue weighted by atomic mass is 9.49. The van der Waals surface area contributed by atoms with Crippen molar-refractivity contribution < 1.29 is 46.6 Å². The number of oxazole rings is 1. The quantitative estimate of drug-likeness (QED) is 0.106. The first kappa shape index (κ1) is 41.5. The van der Waals surface area contributed by atoms with E-state index < -0.39 is 75.4 Å². The van der Waals surface area contributed by atoms with Crippen molar-refractivity contribution in [1.29, 1.82) is 0 Å². The Morgan fingerprint density at radius 1 is 0.891 bits per heavy atom. The van der Waals surface area contributed by atoms with E-state index in [2.05, 4.69) is 15.4 Å². The Kier molecular flexibility index (Phi) is 10.1. The van der Waals surface area contributed by atoms with Crippen molar-refractivity contribution in [1.82, 2.24) is 15.0 Å². The van der Waals surface area contributed by atoms with Crippen LogP contribution in [0, 0.1) is 23.7 Å². The lowest BCUT2D eigenvalue weighted by Crippen LogP contribution is -2.53. The molecule has 6 atom stereocenters. The van der Waals surface area contributed by atoms with E-state index in [1.54, 1.807) is 78.9 Å². The number of nitrogens with zero attached hydrogens (tertiary/aromatic N) is 4. The van der Waals surface area contributed by atoms with Gasteiger partial charge in [0.1, 0.15) is 17.9 Å². The molecular formula is C47H34Cl2F3N5O7. The molecular weight excluding hydrogens is 874 g/mol. The molecule has 3 fully saturated rings. The van der Waals surface area contributed by atoms with Crippen LogP contribution in [0.2, 0.25) is 10.0 Å². The Morgan fingerprint density at radius 2 is 1.62 bits per heavy atom. The van der Waals surface area contributed by atoms with Gasteiger partial charge in [0.05, 0.1) is 46.0 Å². The van der Waals surface area contributed by atoms with Gasteiger partial charge in [-0.2, -0.15) is 18.2 Å². The molecule has 2 aliphatic heterocycles. The summed E-state index contributed by atoms with van der Waals surface area (Å²) in [4.78, 5) is 69.5. The van der Waals surface area contributed by atoms with Crippen LogP contribution in [-0.4, -0.2) is 56.9 Å². The number of imide groups is 2. The van der Waals surface area contributed by atoms with Gasteiger partial charge in [-0.1, -0.05) is 77.3 Å². The summed E-state index contributed by atoms with van der Waals surface area (Å²) in [6.07, 6.45) is -2.30. The number of carbonyl (C=O) groups excluding carboxylic acids is 4. The number of aliphatic hydroxyl groups is 1. The molecule has 2 aliphatic carbocycles. The van der Waals surface area contributed by atoms with Crippen molar-refractivity contribution in [3.05, 3.63) is 148 Å². The van der Waals surface area contributed by atoms with Crippen LogP contribution in [-0.2, 0) is 30.8 Å². The summed E-state index contributed by atoms with van der Waals surface area (Å²) in [5, 5.41) is 10.4. The number of hydrogen-bond acceptors (Lipinski definition) is 10. The van der Waals surface area contributed by atoms with Gasteiger partial charge in [-0.05, 0) is 85.0 Å². The summed E-state index contributed by atoms with van der Waals surface area (Å²) in [6.45, 7) is -0.447. The van der Waals surface area contributed by atoms with E-state index in [9.17, 15) is 27.9 Å². The molecule has 6 aromatic rings. The zero-order chi connectivity index (χ0) is 44.7. The van der Waals surface area contributed by atoms with Gasteiger partial charge >= 0.3 is 6.18 Å². The number of aromatic nitrogens is 2. The second kappa shape index (κ2) is 15.6. The average molecular weight is 909 g/mol. The normalized spacial score (nSPS) is 24.2. The van der Waals surface area contributed by atoms with Gasteiger partial charge < -0.3 is 14.3 Å². The highest BCUT2D eigenvalue weighted by atomic mass is 35.5. The predicted octanol–water partition coefficient (Wildman–Crippen LogP) is 8.78. The van der Waals surface area contributed by atoms with E-state index in [1.807, 2.05) is 24.3 Å². The number of anilines is 2. The molecule has 64 heavy (non-hydrogen) atoms. The summed E-state index contributed by atoms with van der Waals surface area (Å²) >= 11 is 12.7. The number of para-hydroxylation sites is 3. The van der Waals surface area contributed by atoms with E-state index in [0.29, 0.717) is 68.0 Å². The van der Waals surface area contributed by atoms with E-state index in [1.165, 1.54) is 4.90 Å². The standard InChI is InChI=1S/C47H34Cl2F3N5O7/c48-27-13-11-25(12-14-27)46-33(43(60)57(45(46)62)55-40-34(49)21-26(23-53-40)47(50,51)52)22-32-29(39(46)30-5-1-3-7-36(30)63-20-19-58)17-18-31-38(32)44(61)56(42(31)59)28-15-9-24(10-16-28)41-54-35-6-2-4-8-37(35)64-41/h1-17,21,23,31-33,38-39,58H,18-20,22H2,(H,53,55)/t31-,32+,33-,38-,39+,46+/m0/s1. The van der Waals surface area contributed by atoms with Crippen LogP contribution in [0.4, 0.5) is 24.7 Å². The molecule has 4 aliphatic rings. The summed E-state index contributed by atoms with van der Waals surface area (Å²) in [6, 6.07) is 28.0. The molecule has 4 amide bonds. The molecule has 0 bridgehead atoms. The molecule has 1 saturated carbocycles. The van der Waals surface area contributed by atoms with Gasteiger partial charge in [0.25, 0.3) is 11.8 Å². The van der Waals surface area contributed by atoms with E-state index in [4.69, 9.17) is 32.4 Å². The Balaban J connectivity index is 1.09. The summed E-state index contributed by atoms with van der Waals surface area (Å²) in [5.74, 6) is -6.92. The maximum absolute atomic E-state index is 15.6. The maximum Gasteiger partial charge on any atom is 0.417 e. The highest BCUT2D eigenvalue weighted by molar-refractivity contribution is 6.33. The minimum absolute atomic E-state index is 0.0771. The van der Waals surface area contributed by atoms with Crippen molar-refractivity contribution in [3.8, 4) is 17.2 Å². The van der Waals surface area contributed by atoms with Crippen molar-refractivity contribution in [2.24, 2.45) is 23.7 Å². The van der Waals surface area contributed by atoms with Crippen molar-refractivity contribution in [2.75, 3.05) is 23.5 Å². The molecule has 4 heterocycles. The third-order valence-electron chi connectivity index (χ3n) is 12.8. The summed E-state index contributed by atoms with van der Waals surface area (Å²) < 4.78 is 52.8. The van der Waals surface area contributed by atoms with Crippen LogP contribution in [0.3, 0.4) is 0 Å². The lowest BCUT2D eigenvalue weighted by molar-refractivity contribution is -0.139. The number of aliphatic hydroxyl groups excluding tert-OH is 1. The number of halogens is 5. The number of benzene rings is 4. The second-order valence-corrected chi connectivity index (χ2v) is 16.9. The van der Waals surface area contributed by atoms with Gasteiger partial charge in [0.15, 0.2) is 11.4 Å². The second-order valence-electron chi connectivity index (χ2n) is 16.1. The molecule has 2 N–H and O–H groups in total. The van der Waals surface area contributed by atoms with Crippen molar-refractivity contribution in [3.63, 3.8) is 0 Å². The minimum Gasteiger partial charge on any atom is -0.491 e. The van der Waals surface area contributed by atoms with Crippen LogP contribution in [0.1, 0.15) is 35.4 Å². The number of pyridine rings is 1. The number of hydrazine groups is 1. The smallest absolute Gasteiger partial charge is 0.417 e. The van der Waals surface area contributed by atoms with Gasteiger partial charge in [-0.25, -0.2) is 9.97 Å². The Bertz CT molecular complexity index is 2890. The molecule has 0 spiro atoms. The number of nitrogens with one attached hydrogen (secondary N) is 1. The number of hydrogen-bond donors (Lipinski definition) is 2. The fourth-order valence-corrected chi connectivity index (χ4v) is 10.5. The number of fused-ring (bicyclic) bond motifs is 5. The minimum atomic E-state index is -4.77. The average Bonchev–Trinajstić information content (AvgIpc) is 3.90. The number of carbonyl (C=O) groups is 4. The first-order valence-electron chi connectivity index (χ1n) is 20.3. The summed E-state index contributed by atoms with van der Waals surface area (Å²) in [5.41, 5.74) is 3.43. The predicted molar refractivity (Wildman–Crippen MR) is 228 cm³/mol. The zero-order valence-electron chi connectivity index (χ0n) is 33.3. The van der Waals surface area contributed by atoms with Gasteiger partial charge in [0, 0.05) is 28.3 Å². The number of alkyl halides is 3. The molecule has 10 rings (SSSR count). The molecule has 324 valence electrons. The van der Waals surface area contributed by atoms with E-state index in [-0.39, 0.29) is 31.9 Å². The third kappa shape index (κ3) is 6.47. The fourth-order valence-electron chi connectivity index (χ4n) is 10.1.